The summed E-state index contributed by atoms with van der Waals surface area (Å²) in [5.74, 6) is 1.91. The van der Waals surface area contributed by atoms with Gasteiger partial charge in [0, 0.05) is 23.6 Å². The number of benzene rings is 1. The van der Waals surface area contributed by atoms with Crippen LogP contribution >= 0.6 is 11.3 Å². The predicted molar refractivity (Wildman–Crippen MR) is 112 cm³/mol. The maximum absolute atomic E-state index is 11.3. The Morgan fingerprint density at radius 1 is 1.25 bits per heavy atom. The quantitative estimate of drug-likeness (QED) is 0.680. The highest BCUT2D eigenvalue weighted by Gasteiger charge is 2.19. The number of carbonyl (C=O) groups is 1. The van der Waals surface area contributed by atoms with Crippen molar-refractivity contribution in [2.24, 2.45) is 0 Å². The zero-order valence-electron chi connectivity index (χ0n) is 16.4. The summed E-state index contributed by atoms with van der Waals surface area (Å²) >= 11 is 1.68. The SMILES string of the molecule is CC(=O)Nc1cccc(Oc2nc(CN3CCCC3)nc3sc(C)c(C)c23)c1. The number of ether oxygens (including phenoxy) is 1. The minimum atomic E-state index is -0.112. The van der Waals surface area contributed by atoms with E-state index in [0.717, 1.165) is 41.2 Å². The van der Waals surface area contributed by atoms with E-state index in [9.17, 15) is 4.79 Å². The van der Waals surface area contributed by atoms with E-state index in [2.05, 4.69) is 24.1 Å². The fraction of sp³-hybridized carbons (Fsp3) is 0.381. The van der Waals surface area contributed by atoms with Crippen LogP contribution in [0.4, 0.5) is 5.69 Å². The zero-order chi connectivity index (χ0) is 19.7. The Kier molecular flexibility index (Phi) is 5.28. The van der Waals surface area contributed by atoms with E-state index in [-0.39, 0.29) is 5.91 Å². The highest BCUT2D eigenvalue weighted by molar-refractivity contribution is 7.18. The van der Waals surface area contributed by atoms with Crippen molar-refractivity contribution < 1.29 is 9.53 Å². The molecule has 0 saturated carbocycles. The van der Waals surface area contributed by atoms with Gasteiger partial charge in [0.25, 0.3) is 0 Å². The highest BCUT2D eigenvalue weighted by atomic mass is 32.1. The molecule has 4 rings (SSSR count). The smallest absolute Gasteiger partial charge is 0.231 e. The van der Waals surface area contributed by atoms with Crippen LogP contribution in [0.1, 0.15) is 36.0 Å². The summed E-state index contributed by atoms with van der Waals surface area (Å²) in [5, 5.41) is 3.76. The Bertz CT molecular complexity index is 1020. The van der Waals surface area contributed by atoms with Gasteiger partial charge < -0.3 is 10.1 Å². The van der Waals surface area contributed by atoms with Crippen LogP contribution in [0.15, 0.2) is 24.3 Å². The molecule has 3 aromatic rings. The molecule has 1 amide bonds. The topological polar surface area (TPSA) is 67.3 Å². The average Bonchev–Trinajstić information content (AvgIpc) is 3.23. The molecule has 28 heavy (non-hydrogen) atoms. The summed E-state index contributed by atoms with van der Waals surface area (Å²) in [5.41, 5.74) is 1.85. The van der Waals surface area contributed by atoms with Crippen LogP contribution in [0.25, 0.3) is 10.2 Å². The molecule has 1 aliphatic heterocycles. The Morgan fingerprint density at radius 3 is 2.79 bits per heavy atom. The van der Waals surface area contributed by atoms with Crippen LogP contribution in [0.2, 0.25) is 0 Å². The third kappa shape index (κ3) is 4.00. The lowest BCUT2D eigenvalue weighted by Gasteiger charge is -2.15. The standard InChI is InChI=1S/C21H24N4O2S/c1-13-14(2)28-21-19(13)20(23-18(24-21)12-25-9-4-5-10-25)27-17-8-6-7-16(11-17)22-15(3)26/h6-8,11H,4-5,9-10,12H2,1-3H3,(H,22,26). The molecular weight excluding hydrogens is 372 g/mol. The normalized spacial score (nSPS) is 14.5. The van der Waals surface area contributed by atoms with Crippen molar-refractivity contribution >= 4 is 33.1 Å². The van der Waals surface area contributed by atoms with Gasteiger partial charge in [-0.05, 0) is 57.5 Å². The van der Waals surface area contributed by atoms with Crippen LogP contribution in [-0.2, 0) is 11.3 Å². The van der Waals surface area contributed by atoms with Crippen LogP contribution in [0.5, 0.6) is 11.6 Å². The fourth-order valence-corrected chi connectivity index (χ4v) is 4.53. The van der Waals surface area contributed by atoms with Gasteiger partial charge in [-0.25, -0.2) is 4.98 Å². The van der Waals surface area contributed by atoms with E-state index in [1.54, 1.807) is 11.3 Å². The number of thiophene rings is 1. The number of likely N-dealkylation sites (tertiary alicyclic amines) is 1. The number of aromatic nitrogens is 2. The molecule has 0 radical (unpaired) electrons. The van der Waals surface area contributed by atoms with Crippen molar-refractivity contribution in [2.45, 2.75) is 40.2 Å². The molecular formula is C21H24N4O2S. The number of fused-ring (bicyclic) bond motifs is 1. The fourth-order valence-electron chi connectivity index (χ4n) is 3.49. The zero-order valence-corrected chi connectivity index (χ0v) is 17.2. The van der Waals surface area contributed by atoms with Crippen molar-refractivity contribution in [2.75, 3.05) is 18.4 Å². The maximum Gasteiger partial charge on any atom is 0.231 e. The molecule has 1 aromatic carbocycles. The van der Waals surface area contributed by atoms with Crippen molar-refractivity contribution in [1.82, 2.24) is 14.9 Å². The Morgan fingerprint density at radius 2 is 2.04 bits per heavy atom. The van der Waals surface area contributed by atoms with Crippen LogP contribution in [0.3, 0.4) is 0 Å². The predicted octanol–water partition coefficient (Wildman–Crippen LogP) is 4.65. The van der Waals surface area contributed by atoms with Gasteiger partial charge in [0.05, 0.1) is 11.9 Å². The molecule has 2 aromatic heterocycles. The Labute approximate surface area is 168 Å². The molecule has 3 heterocycles. The first-order valence-corrected chi connectivity index (χ1v) is 10.4. The van der Waals surface area contributed by atoms with Gasteiger partial charge in [-0.3, -0.25) is 9.69 Å². The molecule has 0 bridgehead atoms. The third-order valence-corrected chi connectivity index (χ3v) is 6.08. The largest absolute Gasteiger partial charge is 0.438 e. The molecule has 6 nitrogen and oxygen atoms in total. The number of nitrogens with zero attached hydrogens (tertiary/aromatic N) is 3. The second-order valence-corrected chi connectivity index (χ2v) is 8.41. The van der Waals surface area contributed by atoms with Crippen LogP contribution < -0.4 is 10.1 Å². The van der Waals surface area contributed by atoms with Gasteiger partial charge in [0.2, 0.25) is 11.8 Å². The molecule has 1 N–H and O–H groups in total. The van der Waals surface area contributed by atoms with Crippen molar-refractivity contribution in [1.29, 1.82) is 0 Å². The second kappa shape index (κ2) is 7.85. The Balaban J connectivity index is 1.70. The average molecular weight is 397 g/mol. The minimum absolute atomic E-state index is 0.112. The van der Waals surface area contributed by atoms with E-state index in [1.807, 2.05) is 24.3 Å². The number of amides is 1. The summed E-state index contributed by atoms with van der Waals surface area (Å²) in [6.07, 6.45) is 2.47. The summed E-state index contributed by atoms with van der Waals surface area (Å²) in [4.78, 5) is 25.5. The third-order valence-electron chi connectivity index (χ3n) is 4.97. The van der Waals surface area contributed by atoms with Gasteiger partial charge in [-0.2, -0.15) is 4.98 Å². The van der Waals surface area contributed by atoms with E-state index in [4.69, 9.17) is 14.7 Å². The number of rotatable bonds is 5. The van der Waals surface area contributed by atoms with Gasteiger partial charge in [-0.15, -0.1) is 11.3 Å². The lowest BCUT2D eigenvalue weighted by Crippen LogP contribution is -2.20. The molecule has 0 unspecified atom stereocenters. The van der Waals surface area contributed by atoms with Crippen LogP contribution in [-0.4, -0.2) is 33.9 Å². The van der Waals surface area contributed by atoms with Gasteiger partial charge >= 0.3 is 0 Å². The van der Waals surface area contributed by atoms with E-state index >= 15 is 0 Å². The van der Waals surface area contributed by atoms with E-state index in [1.165, 1.54) is 24.6 Å². The summed E-state index contributed by atoms with van der Waals surface area (Å²) in [6, 6.07) is 7.37. The molecule has 1 fully saturated rings. The number of nitrogens with one attached hydrogen (secondary N) is 1. The number of hydrogen-bond acceptors (Lipinski definition) is 6. The lowest BCUT2D eigenvalue weighted by atomic mass is 10.2. The lowest BCUT2D eigenvalue weighted by molar-refractivity contribution is -0.114. The number of carbonyl (C=O) groups excluding carboxylic acids is 1. The van der Waals surface area contributed by atoms with Crippen molar-refractivity contribution in [3.05, 3.63) is 40.5 Å². The highest BCUT2D eigenvalue weighted by Crippen LogP contribution is 2.37. The van der Waals surface area contributed by atoms with E-state index in [0.29, 0.717) is 17.3 Å². The minimum Gasteiger partial charge on any atom is -0.438 e. The van der Waals surface area contributed by atoms with Crippen molar-refractivity contribution in [3.63, 3.8) is 0 Å². The molecule has 1 aliphatic rings. The molecule has 1 saturated heterocycles. The molecule has 146 valence electrons. The second-order valence-electron chi connectivity index (χ2n) is 7.20. The van der Waals surface area contributed by atoms with Gasteiger partial charge in [0.1, 0.15) is 16.4 Å². The number of hydrogen-bond donors (Lipinski definition) is 1. The Hall–Kier alpha value is -2.51. The van der Waals surface area contributed by atoms with Crippen LogP contribution in [0, 0.1) is 13.8 Å². The number of aryl methyl sites for hydroxylation is 2. The monoisotopic (exact) mass is 396 g/mol. The number of anilines is 1. The first kappa shape index (κ1) is 18.8. The van der Waals surface area contributed by atoms with Gasteiger partial charge in [0.15, 0.2) is 0 Å². The summed E-state index contributed by atoms with van der Waals surface area (Å²) in [7, 11) is 0. The molecule has 0 spiro atoms. The summed E-state index contributed by atoms with van der Waals surface area (Å²) < 4.78 is 6.20. The van der Waals surface area contributed by atoms with Gasteiger partial charge in [-0.1, -0.05) is 6.07 Å². The molecule has 0 aliphatic carbocycles. The molecule has 7 heteroatoms. The van der Waals surface area contributed by atoms with E-state index < -0.39 is 0 Å². The van der Waals surface area contributed by atoms with Crippen molar-refractivity contribution in [3.8, 4) is 11.6 Å². The summed E-state index contributed by atoms with van der Waals surface area (Å²) in [6.45, 7) is 8.61. The maximum atomic E-state index is 11.3. The first-order chi connectivity index (χ1) is 13.5. The first-order valence-electron chi connectivity index (χ1n) is 9.54. The molecule has 0 atom stereocenters.